The predicted molar refractivity (Wildman–Crippen MR) is 95.1 cm³/mol. The van der Waals surface area contributed by atoms with Crippen molar-refractivity contribution in [1.29, 1.82) is 0 Å². The van der Waals surface area contributed by atoms with Crippen molar-refractivity contribution in [2.45, 2.75) is 0 Å². The van der Waals surface area contributed by atoms with Crippen LogP contribution in [-0.2, 0) is 0 Å². The fraction of sp³-hybridized carbons (Fsp3) is 0. The number of fused-ring (bicyclic) bond motifs is 2. The van der Waals surface area contributed by atoms with Gasteiger partial charge in [-0.25, -0.2) is 0 Å². The lowest BCUT2D eigenvalue weighted by atomic mass is 10.1. The smallest absolute Gasteiger partial charge is 0.0549 e. The van der Waals surface area contributed by atoms with Gasteiger partial charge in [-0.2, -0.15) is 0 Å². The van der Waals surface area contributed by atoms with Gasteiger partial charge in [0.1, 0.15) is 0 Å². The predicted octanol–water partition coefficient (Wildman–Crippen LogP) is 6.29. The standard InChI is InChI=1S/C20H14ClN/c21-17-13-12-16-11-10-15-6-4-5-9-19(15)22(20(16)14-17)18-7-2-1-3-8-18/h1-14H. The van der Waals surface area contributed by atoms with Crippen molar-refractivity contribution in [3.05, 3.63) is 88.9 Å². The van der Waals surface area contributed by atoms with E-state index in [1.165, 1.54) is 5.56 Å². The quantitative estimate of drug-likeness (QED) is 0.399. The Hall–Kier alpha value is -2.51. The maximum Gasteiger partial charge on any atom is 0.0549 e. The van der Waals surface area contributed by atoms with Crippen LogP contribution < -0.4 is 4.90 Å². The molecule has 0 fully saturated rings. The summed E-state index contributed by atoms with van der Waals surface area (Å²) in [6, 6.07) is 24.8. The second-order valence-electron chi connectivity index (χ2n) is 5.27. The molecular formula is C20H14ClN. The summed E-state index contributed by atoms with van der Waals surface area (Å²) >= 11 is 6.26. The van der Waals surface area contributed by atoms with Crippen LogP contribution in [0.25, 0.3) is 12.2 Å². The molecule has 0 atom stereocenters. The SMILES string of the molecule is Clc1ccc2c(c1)N(c1ccccc1)c1ccccc1C=C2. The molecule has 1 heterocycles. The van der Waals surface area contributed by atoms with Gasteiger partial charge in [0.05, 0.1) is 11.4 Å². The fourth-order valence-corrected chi connectivity index (χ4v) is 3.01. The molecule has 1 nitrogen and oxygen atoms in total. The normalized spacial score (nSPS) is 12.5. The second kappa shape index (κ2) is 5.36. The molecule has 0 amide bonds. The van der Waals surface area contributed by atoms with Gasteiger partial charge in [-0.05, 0) is 41.5 Å². The molecule has 0 spiro atoms. The molecule has 0 bridgehead atoms. The summed E-state index contributed by atoms with van der Waals surface area (Å²) in [6.45, 7) is 0. The largest absolute Gasteiger partial charge is 0.309 e. The minimum Gasteiger partial charge on any atom is -0.309 e. The first-order chi connectivity index (χ1) is 10.8. The summed E-state index contributed by atoms with van der Waals surface area (Å²) in [7, 11) is 0. The van der Waals surface area contributed by atoms with Crippen molar-refractivity contribution < 1.29 is 0 Å². The summed E-state index contributed by atoms with van der Waals surface area (Å²) in [5.41, 5.74) is 5.73. The average molecular weight is 304 g/mol. The van der Waals surface area contributed by atoms with E-state index < -0.39 is 0 Å². The Bertz CT molecular complexity index is 853. The van der Waals surface area contributed by atoms with Gasteiger partial charge in [-0.1, -0.05) is 66.2 Å². The van der Waals surface area contributed by atoms with Crippen LogP contribution in [0.2, 0.25) is 5.02 Å². The van der Waals surface area contributed by atoms with E-state index in [9.17, 15) is 0 Å². The zero-order valence-electron chi connectivity index (χ0n) is 11.9. The van der Waals surface area contributed by atoms with Crippen LogP contribution in [0, 0.1) is 0 Å². The Kier molecular flexibility index (Phi) is 3.21. The molecule has 1 aliphatic rings. The van der Waals surface area contributed by atoms with Crippen LogP contribution in [0.4, 0.5) is 17.1 Å². The van der Waals surface area contributed by atoms with Crippen molar-refractivity contribution >= 4 is 40.8 Å². The number of hydrogen-bond acceptors (Lipinski definition) is 1. The number of rotatable bonds is 1. The van der Waals surface area contributed by atoms with Gasteiger partial charge < -0.3 is 4.90 Å². The first-order valence-electron chi connectivity index (χ1n) is 7.25. The molecule has 4 rings (SSSR count). The third-order valence-corrected chi connectivity index (χ3v) is 4.10. The van der Waals surface area contributed by atoms with Gasteiger partial charge in [0.15, 0.2) is 0 Å². The van der Waals surface area contributed by atoms with Crippen LogP contribution in [0.3, 0.4) is 0 Å². The van der Waals surface area contributed by atoms with Crippen LogP contribution in [0.5, 0.6) is 0 Å². The molecule has 22 heavy (non-hydrogen) atoms. The lowest BCUT2D eigenvalue weighted by Gasteiger charge is -2.27. The lowest BCUT2D eigenvalue weighted by molar-refractivity contribution is 1.28. The minimum atomic E-state index is 0.743. The number of nitrogens with zero attached hydrogens (tertiary/aromatic N) is 1. The molecule has 106 valence electrons. The second-order valence-corrected chi connectivity index (χ2v) is 5.70. The van der Waals surface area contributed by atoms with Crippen LogP contribution in [-0.4, -0.2) is 0 Å². The third-order valence-electron chi connectivity index (χ3n) is 3.87. The van der Waals surface area contributed by atoms with Crippen molar-refractivity contribution in [1.82, 2.24) is 0 Å². The zero-order valence-corrected chi connectivity index (χ0v) is 12.7. The molecular weight excluding hydrogens is 290 g/mol. The maximum absolute atomic E-state index is 6.26. The molecule has 0 radical (unpaired) electrons. The van der Waals surface area contributed by atoms with Gasteiger partial charge in [-0.15, -0.1) is 0 Å². The van der Waals surface area contributed by atoms with E-state index in [4.69, 9.17) is 11.6 Å². The van der Waals surface area contributed by atoms with Crippen molar-refractivity contribution in [3.63, 3.8) is 0 Å². The van der Waals surface area contributed by atoms with Gasteiger partial charge in [0.2, 0.25) is 0 Å². The summed E-state index contributed by atoms with van der Waals surface area (Å²) in [5.74, 6) is 0. The summed E-state index contributed by atoms with van der Waals surface area (Å²) in [6.07, 6.45) is 4.30. The molecule has 3 aromatic carbocycles. The van der Waals surface area contributed by atoms with E-state index in [0.29, 0.717) is 0 Å². The highest BCUT2D eigenvalue weighted by molar-refractivity contribution is 6.31. The molecule has 0 saturated carbocycles. The molecule has 0 aliphatic carbocycles. The first kappa shape index (κ1) is 13.2. The van der Waals surface area contributed by atoms with Crippen LogP contribution >= 0.6 is 11.6 Å². The van der Waals surface area contributed by atoms with E-state index in [2.05, 4.69) is 71.6 Å². The van der Waals surface area contributed by atoms with E-state index in [0.717, 1.165) is 27.6 Å². The molecule has 1 aliphatic heterocycles. The lowest BCUT2D eigenvalue weighted by Crippen LogP contribution is -2.11. The Labute approximate surface area is 135 Å². The first-order valence-corrected chi connectivity index (χ1v) is 7.62. The highest BCUT2D eigenvalue weighted by atomic mass is 35.5. The Morgan fingerprint density at radius 1 is 0.636 bits per heavy atom. The molecule has 2 heteroatoms. The van der Waals surface area contributed by atoms with E-state index >= 15 is 0 Å². The summed E-state index contributed by atoms with van der Waals surface area (Å²) in [4.78, 5) is 2.26. The number of hydrogen-bond donors (Lipinski definition) is 0. The topological polar surface area (TPSA) is 3.24 Å². The Balaban J connectivity index is 2.03. The Morgan fingerprint density at radius 2 is 1.32 bits per heavy atom. The van der Waals surface area contributed by atoms with Gasteiger partial charge >= 0.3 is 0 Å². The van der Waals surface area contributed by atoms with Crippen LogP contribution in [0.15, 0.2) is 72.8 Å². The van der Waals surface area contributed by atoms with E-state index in [1.54, 1.807) is 0 Å². The monoisotopic (exact) mass is 303 g/mol. The Morgan fingerprint density at radius 3 is 2.14 bits per heavy atom. The number of para-hydroxylation sites is 2. The minimum absolute atomic E-state index is 0.743. The van der Waals surface area contributed by atoms with Gasteiger partial charge in [0, 0.05) is 10.7 Å². The molecule has 3 aromatic rings. The molecule has 0 unspecified atom stereocenters. The highest BCUT2D eigenvalue weighted by Gasteiger charge is 2.19. The van der Waals surface area contributed by atoms with Crippen LogP contribution in [0.1, 0.15) is 11.1 Å². The fourth-order valence-electron chi connectivity index (χ4n) is 2.85. The number of anilines is 3. The molecule has 0 N–H and O–H groups in total. The van der Waals surface area contributed by atoms with E-state index in [1.807, 2.05) is 18.2 Å². The van der Waals surface area contributed by atoms with E-state index in [-0.39, 0.29) is 0 Å². The maximum atomic E-state index is 6.26. The molecule has 0 aromatic heterocycles. The van der Waals surface area contributed by atoms with Crippen molar-refractivity contribution in [3.8, 4) is 0 Å². The van der Waals surface area contributed by atoms with Crippen molar-refractivity contribution in [2.75, 3.05) is 4.90 Å². The van der Waals surface area contributed by atoms with Gasteiger partial charge in [-0.3, -0.25) is 0 Å². The number of benzene rings is 3. The molecule has 0 saturated heterocycles. The van der Waals surface area contributed by atoms with Gasteiger partial charge in [0.25, 0.3) is 0 Å². The van der Waals surface area contributed by atoms with Crippen molar-refractivity contribution in [2.24, 2.45) is 0 Å². The third kappa shape index (κ3) is 2.20. The average Bonchev–Trinajstić information content (AvgIpc) is 2.72. The summed E-state index contributed by atoms with van der Waals surface area (Å²) in [5, 5.41) is 0.743. The zero-order chi connectivity index (χ0) is 14.9. The number of halogens is 1. The summed E-state index contributed by atoms with van der Waals surface area (Å²) < 4.78 is 0. The highest BCUT2D eigenvalue weighted by Crippen LogP contribution is 2.42.